The number of nitrogens with zero attached hydrogens (tertiary/aromatic N) is 4. The van der Waals surface area contributed by atoms with Crippen molar-refractivity contribution < 1.29 is 9.90 Å². The fourth-order valence-electron chi connectivity index (χ4n) is 2.84. The summed E-state index contributed by atoms with van der Waals surface area (Å²) in [4.78, 5) is 17.8. The fraction of sp³-hybridized carbons (Fsp3) is 0.312. The molecule has 1 aromatic carbocycles. The third-order valence-corrected chi connectivity index (χ3v) is 3.97. The Hall–Kier alpha value is -2.63. The van der Waals surface area contributed by atoms with Crippen LogP contribution in [-0.4, -0.2) is 39.7 Å². The molecule has 1 aliphatic carbocycles. The van der Waals surface area contributed by atoms with Crippen molar-refractivity contribution >= 4 is 11.5 Å². The lowest BCUT2D eigenvalue weighted by Crippen LogP contribution is -2.27. The molecule has 1 aromatic heterocycles. The maximum Gasteiger partial charge on any atom is 0.159 e. The average Bonchev–Trinajstić information content (AvgIpc) is 3.00. The summed E-state index contributed by atoms with van der Waals surface area (Å²) in [6.45, 7) is 0. The van der Waals surface area contributed by atoms with E-state index in [0.29, 0.717) is 6.42 Å². The van der Waals surface area contributed by atoms with Gasteiger partial charge in [0.25, 0.3) is 0 Å². The second-order valence-corrected chi connectivity index (χ2v) is 5.65. The zero-order valence-corrected chi connectivity index (χ0v) is 12.5. The first kappa shape index (κ1) is 14.3. The van der Waals surface area contributed by atoms with Crippen molar-refractivity contribution in [2.24, 2.45) is 0 Å². The molecule has 0 fully saturated rings. The maximum atomic E-state index is 11.9. The average molecular weight is 298 g/mol. The van der Waals surface area contributed by atoms with Crippen LogP contribution in [0.4, 0.5) is 5.69 Å². The third-order valence-electron chi connectivity index (χ3n) is 3.97. The van der Waals surface area contributed by atoms with Crippen molar-refractivity contribution in [3.05, 3.63) is 54.3 Å². The molecule has 3 rings (SSSR count). The molecule has 0 radical (unpaired) electrons. The quantitative estimate of drug-likeness (QED) is 0.939. The molecule has 0 amide bonds. The summed E-state index contributed by atoms with van der Waals surface area (Å²) in [5.74, 6) is -0.200. The number of benzene rings is 1. The van der Waals surface area contributed by atoms with E-state index in [1.54, 1.807) is 11.0 Å². The number of aromatic nitrogens is 3. The summed E-state index contributed by atoms with van der Waals surface area (Å²) in [6.07, 6.45) is 4.62. The van der Waals surface area contributed by atoms with E-state index in [9.17, 15) is 9.90 Å². The van der Waals surface area contributed by atoms with Crippen molar-refractivity contribution in [3.8, 4) is 0 Å². The summed E-state index contributed by atoms with van der Waals surface area (Å²) >= 11 is 0. The van der Waals surface area contributed by atoms with Gasteiger partial charge >= 0.3 is 0 Å². The standard InChI is InChI=1S/C16H18N4O2/c1-19(2)12-5-3-11(4-6-12)14-7-13(21)8-15(22)16(14)20-10-17-9-18-20/h3-6,8-10,14,16,22H,7H2,1-2H3/t14-,16+/m1/s1. The molecule has 1 heterocycles. The Morgan fingerprint density at radius 1 is 1.27 bits per heavy atom. The van der Waals surface area contributed by atoms with Gasteiger partial charge in [0.05, 0.1) is 0 Å². The van der Waals surface area contributed by atoms with Gasteiger partial charge in [-0.2, -0.15) is 5.10 Å². The Bertz CT molecular complexity index is 689. The first-order chi connectivity index (χ1) is 10.6. The second kappa shape index (κ2) is 5.63. The van der Waals surface area contributed by atoms with Crippen LogP contribution in [0.25, 0.3) is 0 Å². The Morgan fingerprint density at radius 3 is 2.59 bits per heavy atom. The number of hydrogen-bond donors (Lipinski definition) is 1. The molecule has 0 aliphatic heterocycles. The molecule has 2 aromatic rings. The van der Waals surface area contributed by atoms with Crippen LogP contribution in [0.3, 0.4) is 0 Å². The predicted molar refractivity (Wildman–Crippen MR) is 82.9 cm³/mol. The van der Waals surface area contributed by atoms with Gasteiger partial charge < -0.3 is 10.0 Å². The zero-order valence-electron chi connectivity index (χ0n) is 12.5. The van der Waals surface area contributed by atoms with E-state index in [1.165, 1.54) is 12.4 Å². The van der Waals surface area contributed by atoms with Crippen molar-refractivity contribution in [2.75, 3.05) is 19.0 Å². The number of aliphatic hydroxyl groups excluding tert-OH is 1. The number of hydrogen-bond acceptors (Lipinski definition) is 5. The van der Waals surface area contributed by atoms with Gasteiger partial charge in [0.1, 0.15) is 24.5 Å². The van der Waals surface area contributed by atoms with E-state index < -0.39 is 6.04 Å². The van der Waals surface area contributed by atoms with Crippen molar-refractivity contribution in [1.29, 1.82) is 0 Å². The molecular formula is C16H18N4O2. The molecule has 6 heteroatoms. The molecule has 0 spiro atoms. The largest absolute Gasteiger partial charge is 0.510 e. The van der Waals surface area contributed by atoms with Crippen LogP contribution >= 0.6 is 0 Å². The van der Waals surface area contributed by atoms with Gasteiger partial charge in [0, 0.05) is 38.2 Å². The van der Waals surface area contributed by atoms with Crippen LogP contribution in [-0.2, 0) is 4.79 Å². The molecular weight excluding hydrogens is 280 g/mol. The molecule has 1 N–H and O–H groups in total. The SMILES string of the molecule is CN(C)c1ccc([C@H]2CC(=O)C=C(O)[C@H]2n2cncn2)cc1. The summed E-state index contributed by atoms with van der Waals surface area (Å²) in [5.41, 5.74) is 2.09. The first-order valence-electron chi connectivity index (χ1n) is 7.11. The minimum absolute atomic E-state index is 0.0310. The fourth-order valence-corrected chi connectivity index (χ4v) is 2.84. The van der Waals surface area contributed by atoms with Crippen molar-refractivity contribution in [3.63, 3.8) is 0 Å². The predicted octanol–water partition coefficient (Wildman–Crippen LogP) is 2.08. The summed E-state index contributed by atoms with van der Waals surface area (Å²) in [7, 11) is 3.96. The topological polar surface area (TPSA) is 71.2 Å². The maximum absolute atomic E-state index is 11.9. The van der Waals surface area contributed by atoms with E-state index in [-0.39, 0.29) is 17.5 Å². The summed E-state index contributed by atoms with van der Waals surface area (Å²) in [5, 5.41) is 14.4. The highest BCUT2D eigenvalue weighted by atomic mass is 16.3. The number of allylic oxidation sites excluding steroid dienone is 2. The third kappa shape index (κ3) is 2.59. The number of rotatable bonds is 3. The molecule has 0 saturated carbocycles. The number of carbonyl (C=O) groups excluding carboxylic acids is 1. The van der Waals surface area contributed by atoms with Crippen LogP contribution in [0.5, 0.6) is 0 Å². The number of carbonyl (C=O) groups is 1. The Labute approximate surface area is 128 Å². The minimum Gasteiger partial charge on any atom is -0.510 e. The van der Waals surface area contributed by atoms with Crippen LogP contribution in [0, 0.1) is 0 Å². The van der Waals surface area contributed by atoms with Gasteiger partial charge in [-0.3, -0.25) is 4.79 Å². The van der Waals surface area contributed by atoms with E-state index in [0.717, 1.165) is 11.3 Å². The Kier molecular flexibility index (Phi) is 3.66. The van der Waals surface area contributed by atoms with Gasteiger partial charge in [-0.25, -0.2) is 9.67 Å². The first-order valence-corrected chi connectivity index (χ1v) is 7.11. The second-order valence-electron chi connectivity index (χ2n) is 5.65. The molecule has 6 nitrogen and oxygen atoms in total. The zero-order chi connectivity index (χ0) is 15.7. The van der Waals surface area contributed by atoms with E-state index in [2.05, 4.69) is 10.1 Å². The van der Waals surface area contributed by atoms with Gasteiger partial charge in [-0.1, -0.05) is 12.1 Å². The van der Waals surface area contributed by atoms with Gasteiger partial charge in [0.2, 0.25) is 0 Å². The van der Waals surface area contributed by atoms with Gasteiger partial charge in [-0.05, 0) is 17.7 Å². The van der Waals surface area contributed by atoms with E-state index in [4.69, 9.17) is 0 Å². The van der Waals surface area contributed by atoms with Crippen LogP contribution in [0.1, 0.15) is 23.9 Å². The van der Waals surface area contributed by atoms with Crippen LogP contribution in [0.15, 0.2) is 48.8 Å². The Balaban J connectivity index is 1.99. The smallest absolute Gasteiger partial charge is 0.159 e. The van der Waals surface area contributed by atoms with E-state index >= 15 is 0 Å². The molecule has 1 aliphatic rings. The molecule has 0 unspecified atom stereocenters. The van der Waals surface area contributed by atoms with E-state index in [1.807, 2.05) is 43.3 Å². The Morgan fingerprint density at radius 2 is 2.00 bits per heavy atom. The minimum atomic E-state index is -0.398. The van der Waals surface area contributed by atoms with Gasteiger partial charge in [0.15, 0.2) is 5.78 Å². The summed E-state index contributed by atoms with van der Waals surface area (Å²) in [6, 6.07) is 7.61. The molecule has 22 heavy (non-hydrogen) atoms. The lowest BCUT2D eigenvalue weighted by atomic mass is 9.82. The molecule has 0 saturated heterocycles. The number of aliphatic hydroxyl groups is 1. The molecule has 0 bridgehead atoms. The highest BCUT2D eigenvalue weighted by molar-refractivity contribution is 5.92. The number of anilines is 1. The lowest BCUT2D eigenvalue weighted by Gasteiger charge is -2.29. The van der Waals surface area contributed by atoms with Crippen molar-refractivity contribution in [2.45, 2.75) is 18.4 Å². The van der Waals surface area contributed by atoms with Crippen LogP contribution in [0.2, 0.25) is 0 Å². The van der Waals surface area contributed by atoms with Crippen LogP contribution < -0.4 is 4.90 Å². The highest BCUT2D eigenvalue weighted by Gasteiger charge is 2.34. The highest BCUT2D eigenvalue weighted by Crippen LogP contribution is 2.39. The summed E-state index contributed by atoms with van der Waals surface area (Å²) < 4.78 is 1.60. The monoisotopic (exact) mass is 298 g/mol. The lowest BCUT2D eigenvalue weighted by molar-refractivity contribution is -0.116. The normalized spacial score (nSPS) is 21.5. The molecule has 2 atom stereocenters. The number of ketones is 1. The van der Waals surface area contributed by atoms with Crippen molar-refractivity contribution in [1.82, 2.24) is 14.8 Å². The molecule has 114 valence electrons. The van der Waals surface area contributed by atoms with Gasteiger partial charge in [-0.15, -0.1) is 0 Å².